The predicted octanol–water partition coefficient (Wildman–Crippen LogP) is 3.87. The Bertz CT molecular complexity index is 670. The molecule has 0 saturated heterocycles. The number of benzene rings is 1. The van der Waals surface area contributed by atoms with Crippen LogP contribution in [0.4, 0.5) is 5.69 Å². The van der Waals surface area contributed by atoms with Crippen LogP contribution in [0, 0.1) is 10.1 Å². The van der Waals surface area contributed by atoms with E-state index in [4.69, 9.17) is 0 Å². The summed E-state index contributed by atoms with van der Waals surface area (Å²) in [5.41, 5.74) is 0.731. The van der Waals surface area contributed by atoms with Crippen molar-refractivity contribution in [2.24, 2.45) is 0 Å². The smallest absolute Gasteiger partial charge is 0.269 e. The first-order valence-electron chi connectivity index (χ1n) is 6.19. The fraction of sp³-hybridized carbons (Fsp3) is 0.214. The first kappa shape index (κ1) is 15.5. The summed E-state index contributed by atoms with van der Waals surface area (Å²) in [5.74, 6) is -0.159. The molecule has 5 nitrogen and oxygen atoms in total. The van der Waals surface area contributed by atoms with Crippen molar-refractivity contribution in [2.45, 2.75) is 17.9 Å². The third-order valence-corrected chi connectivity index (χ3v) is 4.81. The molecule has 0 radical (unpaired) electrons. The topological polar surface area (TPSA) is 72.2 Å². The molecule has 0 aliphatic rings. The lowest BCUT2D eigenvalue weighted by Crippen LogP contribution is -2.26. The summed E-state index contributed by atoms with van der Waals surface area (Å²) in [6.07, 6.45) is 1.92. The molecule has 1 heterocycles. The maximum absolute atomic E-state index is 12.2. The number of non-ortho nitro benzene ring substituents is 1. The summed E-state index contributed by atoms with van der Waals surface area (Å²) in [5, 5.41) is 15.5. The number of nitrogens with zero attached hydrogens (tertiary/aromatic N) is 1. The van der Waals surface area contributed by atoms with Gasteiger partial charge in [-0.2, -0.15) is 0 Å². The highest BCUT2D eigenvalue weighted by atomic mass is 32.2. The minimum Gasteiger partial charge on any atom is -0.345 e. The molecule has 0 fully saturated rings. The van der Waals surface area contributed by atoms with Crippen LogP contribution in [0.15, 0.2) is 40.6 Å². The van der Waals surface area contributed by atoms with Crippen LogP contribution in [0.3, 0.4) is 0 Å². The van der Waals surface area contributed by atoms with Gasteiger partial charge in [-0.05, 0) is 30.2 Å². The van der Waals surface area contributed by atoms with Crippen LogP contribution < -0.4 is 5.32 Å². The third kappa shape index (κ3) is 3.62. The van der Waals surface area contributed by atoms with Gasteiger partial charge in [0.2, 0.25) is 0 Å². The van der Waals surface area contributed by atoms with Gasteiger partial charge in [-0.1, -0.05) is 12.1 Å². The molecule has 0 unspecified atom stereocenters. The van der Waals surface area contributed by atoms with Crippen molar-refractivity contribution in [3.05, 3.63) is 56.3 Å². The monoisotopic (exact) mass is 322 g/mol. The second-order valence-electron chi connectivity index (χ2n) is 4.37. The summed E-state index contributed by atoms with van der Waals surface area (Å²) < 4.78 is 0. The van der Waals surface area contributed by atoms with Gasteiger partial charge >= 0.3 is 0 Å². The maximum atomic E-state index is 12.2. The zero-order chi connectivity index (χ0) is 15.4. The fourth-order valence-electron chi connectivity index (χ4n) is 1.88. The predicted molar refractivity (Wildman–Crippen MR) is 85.1 cm³/mol. The summed E-state index contributed by atoms with van der Waals surface area (Å²) in [6, 6.07) is 7.91. The molecule has 0 spiro atoms. The molecule has 0 aliphatic heterocycles. The Morgan fingerprint density at radius 2 is 2.19 bits per heavy atom. The summed E-state index contributed by atoms with van der Waals surface area (Å²) in [6.45, 7) is 1.81. The molecule has 1 N–H and O–H groups in total. The molecule has 0 saturated carbocycles. The lowest BCUT2D eigenvalue weighted by Gasteiger charge is -2.14. The molecule has 7 heteroatoms. The minimum atomic E-state index is -0.441. The van der Waals surface area contributed by atoms with Crippen LogP contribution in [-0.4, -0.2) is 17.1 Å². The van der Waals surface area contributed by atoms with E-state index in [0.29, 0.717) is 10.4 Å². The van der Waals surface area contributed by atoms with Crippen molar-refractivity contribution < 1.29 is 9.72 Å². The normalized spacial score (nSPS) is 11.9. The third-order valence-electron chi connectivity index (χ3n) is 2.98. The number of carbonyl (C=O) groups excluding carboxylic acids is 1. The highest BCUT2D eigenvalue weighted by molar-refractivity contribution is 7.98. The van der Waals surface area contributed by atoms with Gasteiger partial charge in [-0.15, -0.1) is 23.1 Å². The van der Waals surface area contributed by atoms with Crippen molar-refractivity contribution in [1.29, 1.82) is 0 Å². The SMILES string of the molecule is CSc1ccsc1C(=O)N[C@@H](C)c1cccc([N+](=O)[O-])c1. The van der Waals surface area contributed by atoms with E-state index in [0.717, 1.165) is 4.90 Å². The largest absolute Gasteiger partial charge is 0.345 e. The van der Waals surface area contributed by atoms with Gasteiger partial charge in [0.1, 0.15) is 4.88 Å². The molecular formula is C14H14N2O3S2. The number of hydrogen-bond acceptors (Lipinski definition) is 5. The number of thiophene rings is 1. The zero-order valence-corrected chi connectivity index (χ0v) is 13.2. The number of nitrogens with one attached hydrogen (secondary N) is 1. The lowest BCUT2D eigenvalue weighted by molar-refractivity contribution is -0.384. The van der Waals surface area contributed by atoms with E-state index in [2.05, 4.69) is 5.32 Å². The van der Waals surface area contributed by atoms with E-state index in [-0.39, 0.29) is 17.6 Å². The second-order valence-corrected chi connectivity index (χ2v) is 6.13. The number of amides is 1. The van der Waals surface area contributed by atoms with Gasteiger partial charge in [0.25, 0.3) is 11.6 Å². The van der Waals surface area contributed by atoms with Gasteiger partial charge < -0.3 is 5.32 Å². The van der Waals surface area contributed by atoms with Crippen LogP contribution in [0.1, 0.15) is 28.2 Å². The van der Waals surface area contributed by atoms with Crippen LogP contribution in [0.2, 0.25) is 0 Å². The van der Waals surface area contributed by atoms with Crippen LogP contribution in [-0.2, 0) is 0 Å². The number of rotatable bonds is 5. The van der Waals surface area contributed by atoms with E-state index < -0.39 is 4.92 Å². The van der Waals surface area contributed by atoms with E-state index >= 15 is 0 Å². The van der Waals surface area contributed by atoms with Crippen molar-refractivity contribution in [1.82, 2.24) is 5.32 Å². The number of thioether (sulfide) groups is 1. The molecule has 1 aromatic heterocycles. The Kier molecular flexibility index (Phi) is 4.98. The van der Waals surface area contributed by atoms with E-state index in [1.807, 2.05) is 24.6 Å². The Morgan fingerprint density at radius 3 is 2.86 bits per heavy atom. The fourth-order valence-corrected chi connectivity index (χ4v) is 3.53. The summed E-state index contributed by atoms with van der Waals surface area (Å²) in [4.78, 5) is 24.2. The molecule has 1 amide bonds. The summed E-state index contributed by atoms with van der Waals surface area (Å²) >= 11 is 2.91. The van der Waals surface area contributed by atoms with Crippen LogP contribution >= 0.6 is 23.1 Å². The van der Waals surface area contributed by atoms with Crippen molar-refractivity contribution in [2.75, 3.05) is 6.26 Å². The number of nitro groups is 1. The van der Waals surface area contributed by atoms with Gasteiger partial charge in [0, 0.05) is 17.0 Å². The van der Waals surface area contributed by atoms with Crippen molar-refractivity contribution in [3.8, 4) is 0 Å². The molecule has 0 aliphatic carbocycles. The standard InChI is InChI=1S/C14H14N2O3S2/c1-9(10-4-3-5-11(8-10)16(18)19)15-14(17)13-12(20-2)6-7-21-13/h3-9H,1-2H3,(H,15,17)/t9-/m0/s1. The number of carbonyl (C=O) groups is 1. The second kappa shape index (κ2) is 6.73. The number of hydrogen-bond donors (Lipinski definition) is 1. The molecule has 110 valence electrons. The van der Waals surface area contributed by atoms with Crippen LogP contribution in [0.5, 0.6) is 0 Å². The molecule has 2 aromatic rings. The molecule has 2 rings (SSSR count). The highest BCUT2D eigenvalue weighted by Gasteiger charge is 2.17. The lowest BCUT2D eigenvalue weighted by atomic mass is 10.1. The quantitative estimate of drug-likeness (QED) is 0.515. The molecular weight excluding hydrogens is 308 g/mol. The average Bonchev–Trinajstić information content (AvgIpc) is 2.95. The minimum absolute atomic E-state index is 0.0227. The Labute approximate surface area is 130 Å². The molecule has 1 aromatic carbocycles. The highest BCUT2D eigenvalue weighted by Crippen LogP contribution is 2.26. The maximum Gasteiger partial charge on any atom is 0.269 e. The average molecular weight is 322 g/mol. The van der Waals surface area contributed by atoms with E-state index in [1.165, 1.54) is 35.2 Å². The van der Waals surface area contributed by atoms with Gasteiger partial charge in [0.15, 0.2) is 0 Å². The molecule has 21 heavy (non-hydrogen) atoms. The van der Waals surface area contributed by atoms with Crippen molar-refractivity contribution in [3.63, 3.8) is 0 Å². The van der Waals surface area contributed by atoms with E-state index in [9.17, 15) is 14.9 Å². The zero-order valence-electron chi connectivity index (χ0n) is 11.5. The van der Waals surface area contributed by atoms with E-state index in [1.54, 1.807) is 12.1 Å². The number of nitro benzene ring substituents is 1. The first-order valence-corrected chi connectivity index (χ1v) is 8.30. The Balaban J connectivity index is 2.14. The van der Waals surface area contributed by atoms with Gasteiger partial charge in [-0.25, -0.2) is 0 Å². The summed E-state index contributed by atoms with van der Waals surface area (Å²) in [7, 11) is 0. The Hall–Kier alpha value is -1.86. The first-order chi connectivity index (χ1) is 10.0. The molecule has 0 bridgehead atoms. The Morgan fingerprint density at radius 1 is 1.43 bits per heavy atom. The van der Waals surface area contributed by atoms with Crippen molar-refractivity contribution >= 4 is 34.7 Å². The molecule has 1 atom stereocenters. The van der Waals surface area contributed by atoms with Crippen LogP contribution in [0.25, 0.3) is 0 Å². The van der Waals surface area contributed by atoms with Gasteiger partial charge in [-0.3, -0.25) is 14.9 Å². The van der Waals surface area contributed by atoms with Gasteiger partial charge in [0.05, 0.1) is 11.0 Å².